The van der Waals surface area contributed by atoms with Gasteiger partial charge in [-0.3, -0.25) is 9.59 Å². The molecule has 0 bridgehead atoms. The van der Waals surface area contributed by atoms with Crippen molar-refractivity contribution in [2.75, 3.05) is 47.6 Å². The number of halogens is 1. The highest BCUT2D eigenvalue weighted by atomic mass is 32.1. The molecule has 1 atom stereocenters. The molecular formula is C27H29FN2O5S. The number of nitrogens with zero attached hydrogens (tertiary/aromatic N) is 2. The minimum atomic E-state index is -0.343. The third-order valence-electron chi connectivity index (χ3n) is 6.25. The molecule has 1 aromatic heterocycles. The molecule has 2 amide bonds. The van der Waals surface area contributed by atoms with E-state index in [1.54, 1.807) is 53.7 Å². The van der Waals surface area contributed by atoms with Crippen LogP contribution >= 0.6 is 11.3 Å². The van der Waals surface area contributed by atoms with E-state index < -0.39 is 0 Å². The van der Waals surface area contributed by atoms with Gasteiger partial charge in [-0.05, 0) is 53.3 Å². The van der Waals surface area contributed by atoms with Crippen LogP contribution in [0.5, 0.6) is 11.5 Å². The zero-order chi connectivity index (χ0) is 25.7. The van der Waals surface area contributed by atoms with Crippen molar-refractivity contribution in [3.8, 4) is 11.5 Å². The summed E-state index contributed by atoms with van der Waals surface area (Å²) in [4.78, 5) is 31.7. The van der Waals surface area contributed by atoms with Gasteiger partial charge in [-0.1, -0.05) is 12.1 Å². The van der Waals surface area contributed by atoms with E-state index >= 15 is 0 Å². The van der Waals surface area contributed by atoms with Crippen LogP contribution in [0, 0.1) is 5.82 Å². The summed E-state index contributed by atoms with van der Waals surface area (Å²) < 4.78 is 29.5. The van der Waals surface area contributed by atoms with Crippen LogP contribution in [0.25, 0.3) is 0 Å². The van der Waals surface area contributed by atoms with Gasteiger partial charge in [0.15, 0.2) is 0 Å². The quantitative estimate of drug-likeness (QED) is 0.431. The van der Waals surface area contributed by atoms with Gasteiger partial charge in [0, 0.05) is 36.7 Å². The highest BCUT2D eigenvalue weighted by molar-refractivity contribution is 7.10. The van der Waals surface area contributed by atoms with Crippen molar-refractivity contribution in [2.45, 2.75) is 12.5 Å². The second kappa shape index (κ2) is 11.5. The maximum Gasteiger partial charge on any atom is 0.254 e. The molecule has 2 aromatic carbocycles. The Labute approximate surface area is 214 Å². The Bertz CT molecular complexity index is 1190. The molecule has 0 spiro atoms. The highest BCUT2D eigenvalue weighted by Gasteiger charge is 2.34. The van der Waals surface area contributed by atoms with Gasteiger partial charge in [0.05, 0.1) is 26.9 Å². The molecule has 7 nitrogen and oxygen atoms in total. The number of carbonyl (C=O) groups excluding carboxylic acids is 2. The van der Waals surface area contributed by atoms with E-state index in [0.717, 1.165) is 17.5 Å². The molecule has 0 saturated carbocycles. The lowest BCUT2D eigenvalue weighted by atomic mass is 9.93. The second-order valence-electron chi connectivity index (χ2n) is 8.41. The van der Waals surface area contributed by atoms with E-state index in [9.17, 15) is 14.0 Å². The summed E-state index contributed by atoms with van der Waals surface area (Å²) in [5.41, 5.74) is 2.22. The van der Waals surface area contributed by atoms with Crippen LogP contribution in [0.2, 0.25) is 0 Å². The van der Waals surface area contributed by atoms with Crippen molar-refractivity contribution in [3.63, 3.8) is 0 Å². The molecule has 4 rings (SSSR count). The minimum Gasteiger partial charge on any atom is -0.497 e. The molecule has 0 aliphatic carbocycles. The molecule has 0 N–H and O–H groups in total. The predicted molar refractivity (Wildman–Crippen MR) is 135 cm³/mol. The summed E-state index contributed by atoms with van der Waals surface area (Å²) in [6.45, 7) is 0.891. The number of fused-ring (bicyclic) bond motifs is 1. The van der Waals surface area contributed by atoms with Crippen molar-refractivity contribution in [2.24, 2.45) is 0 Å². The summed E-state index contributed by atoms with van der Waals surface area (Å²) in [6, 6.07) is 12.8. The van der Waals surface area contributed by atoms with Gasteiger partial charge in [-0.15, -0.1) is 11.3 Å². The molecule has 36 heavy (non-hydrogen) atoms. The Kier molecular flexibility index (Phi) is 8.22. The number of thiophene rings is 1. The number of benzene rings is 2. The second-order valence-corrected chi connectivity index (χ2v) is 9.41. The van der Waals surface area contributed by atoms with Gasteiger partial charge in [-0.25, -0.2) is 4.39 Å². The van der Waals surface area contributed by atoms with E-state index in [1.165, 1.54) is 36.1 Å². The standard InChI is InChI=1S/C27H29FN2O5S/c1-33-12-11-29(27(32)19-14-21(34-2)16-22(15-19)35-3)17-25(31)30-10-8-24-23(9-13-36-24)26(30)18-4-6-20(28)7-5-18/h4-7,9,13-16,26H,8,10-12,17H2,1-3H3. The Morgan fingerprint density at radius 2 is 1.75 bits per heavy atom. The summed E-state index contributed by atoms with van der Waals surface area (Å²) in [5.74, 6) is 0.105. The number of carbonyl (C=O) groups is 2. The molecule has 1 aliphatic heterocycles. The van der Waals surface area contributed by atoms with Crippen LogP contribution in [0.15, 0.2) is 53.9 Å². The fourth-order valence-corrected chi connectivity index (χ4v) is 5.31. The first-order valence-corrected chi connectivity index (χ1v) is 12.5. The smallest absolute Gasteiger partial charge is 0.254 e. The van der Waals surface area contributed by atoms with E-state index in [1.807, 2.05) is 11.4 Å². The van der Waals surface area contributed by atoms with Gasteiger partial charge in [0.2, 0.25) is 5.91 Å². The van der Waals surface area contributed by atoms with E-state index in [0.29, 0.717) is 23.6 Å². The van der Waals surface area contributed by atoms with Crippen molar-refractivity contribution in [3.05, 3.63) is 81.3 Å². The molecule has 2 heterocycles. The van der Waals surface area contributed by atoms with Gasteiger partial charge < -0.3 is 24.0 Å². The van der Waals surface area contributed by atoms with Crippen LogP contribution in [-0.4, -0.2) is 69.2 Å². The normalized spacial score (nSPS) is 14.8. The molecule has 0 saturated heterocycles. The van der Waals surface area contributed by atoms with Crippen LogP contribution in [0.3, 0.4) is 0 Å². The first-order valence-electron chi connectivity index (χ1n) is 11.6. The third kappa shape index (κ3) is 5.52. The van der Waals surface area contributed by atoms with Crippen molar-refractivity contribution < 1.29 is 28.2 Å². The van der Waals surface area contributed by atoms with Gasteiger partial charge >= 0.3 is 0 Å². The Morgan fingerprint density at radius 1 is 1.06 bits per heavy atom. The fraction of sp³-hybridized carbons (Fsp3) is 0.333. The van der Waals surface area contributed by atoms with Crippen molar-refractivity contribution in [1.29, 1.82) is 0 Å². The first kappa shape index (κ1) is 25.7. The molecule has 190 valence electrons. The van der Waals surface area contributed by atoms with Crippen molar-refractivity contribution >= 4 is 23.2 Å². The Balaban J connectivity index is 1.62. The third-order valence-corrected chi connectivity index (χ3v) is 7.25. The lowest BCUT2D eigenvalue weighted by Crippen LogP contribution is -2.47. The largest absolute Gasteiger partial charge is 0.497 e. The molecule has 9 heteroatoms. The predicted octanol–water partition coefficient (Wildman–Crippen LogP) is 4.17. The highest BCUT2D eigenvalue weighted by Crippen LogP contribution is 2.38. The molecule has 0 fully saturated rings. The maximum atomic E-state index is 13.7. The van der Waals surface area contributed by atoms with Gasteiger partial charge in [0.25, 0.3) is 5.91 Å². The maximum absolute atomic E-state index is 13.7. The van der Waals surface area contributed by atoms with Crippen LogP contribution in [-0.2, 0) is 16.0 Å². The first-order chi connectivity index (χ1) is 17.4. The fourth-order valence-electron chi connectivity index (χ4n) is 4.41. The zero-order valence-electron chi connectivity index (χ0n) is 20.5. The van der Waals surface area contributed by atoms with Crippen LogP contribution in [0.4, 0.5) is 4.39 Å². The monoisotopic (exact) mass is 512 g/mol. The number of hydrogen-bond acceptors (Lipinski definition) is 6. The number of amides is 2. The average molecular weight is 513 g/mol. The summed E-state index contributed by atoms with van der Waals surface area (Å²) >= 11 is 1.66. The summed E-state index contributed by atoms with van der Waals surface area (Å²) in [6.07, 6.45) is 0.732. The van der Waals surface area contributed by atoms with Gasteiger partial charge in [0.1, 0.15) is 23.9 Å². The molecular weight excluding hydrogens is 483 g/mol. The zero-order valence-corrected chi connectivity index (χ0v) is 21.3. The Hall–Kier alpha value is -3.43. The van der Waals surface area contributed by atoms with Gasteiger partial charge in [-0.2, -0.15) is 0 Å². The lowest BCUT2D eigenvalue weighted by Gasteiger charge is -2.37. The summed E-state index contributed by atoms with van der Waals surface area (Å²) in [7, 11) is 4.58. The van der Waals surface area contributed by atoms with Crippen LogP contribution in [0.1, 0.15) is 32.4 Å². The molecule has 3 aromatic rings. The Morgan fingerprint density at radius 3 is 2.39 bits per heavy atom. The number of rotatable bonds is 9. The molecule has 1 unspecified atom stereocenters. The SMILES string of the molecule is COCCN(CC(=O)N1CCc2sccc2C1c1ccc(F)cc1)C(=O)c1cc(OC)cc(OC)c1. The van der Waals surface area contributed by atoms with Crippen molar-refractivity contribution in [1.82, 2.24) is 9.80 Å². The summed E-state index contributed by atoms with van der Waals surface area (Å²) in [5, 5.41) is 2.01. The topological polar surface area (TPSA) is 68.3 Å². The van der Waals surface area contributed by atoms with Crippen LogP contribution < -0.4 is 9.47 Å². The minimum absolute atomic E-state index is 0.126. The molecule has 0 radical (unpaired) electrons. The van der Waals surface area contributed by atoms with E-state index in [4.69, 9.17) is 14.2 Å². The molecule has 1 aliphatic rings. The lowest BCUT2D eigenvalue weighted by molar-refractivity contribution is -0.134. The number of ether oxygens (including phenoxy) is 3. The average Bonchev–Trinajstić information content (AvgIpc) is 3.39. The number of hydrogen-bond donors (Lipinski definition) is 0. The van der Waals surface area contributed by atoms with E-state index in [-0.39, 0.29) is 43.4 Å². The van der Waals surface area contributed by atoms with E-state index in [2.05, 4.69) is 0 Å². The number of methoxy groups -OCH3 is 3.